The Labute approximate surface area is 115 Å². The third kappa shape index (κ3) is 2.09. The molecule has 20 heavy (non-hydrogen) atoms. The van der Waals surface area contributed by atoms with Crippen molar-refractivity contribution in [3.05, 3.63) is 65.5 Å². The molecule has 0 saturated carbocycles. The van der Waals surface area contributed by atoms with Crippen LogP contribution in [0.25, 0.3) is 0 Å². The van der Waals surface area contributed by atoms with Gasteiger partial charge in [-0.1, -0.05) is 18.2 Å². The van der Waals surface area contributed by atoms with E-state index in [0.717, 1.165) is 0 Å². The largest absolute Gasteiger partial charge is 0.307 e. The smallest absolute Gasteiger partial charge is 0.258 e. The lowest BCUT2D eigenvalue weighted by Crippen LogP contribution is -2.37. The molecular formula is C16H12FNO2. The van der Waals surface area contributed by atoms with E-state index < -0.39 is 5.82 Å². The minimum atomic E-state index is -0.447. The first-order valence-corrected chi connectivity index (χ1v) is 6.36. The first-order chi connectivity index (χ1) is 9.66. The lowest BCUT2D eigenvalue weighted by atomic mass is 9.99. The zero-order valence-electron chi connectivity index (χ0n) is 10.7. The summed E-state index contributed by atoms with van der Waals surface area (Å²) >= 11 is 0. The monoisotopic (exact) mass is 269 g/mol. The number of hydrogen-bond donors (Lipinski definition) is 0. The van der Waals surface area contributed by atoms with E-state index in [4.69, 9.17) is 0 Å². The predicted octanol–water partition coefficient (Wildman–Crippen LogP) is 3.06. The fourth-order valence-corrected chi connectivity index (χ4v) is 2.40. The Kier molecular flexibility index (Phi) is 3.06. The van der Waals surface area contributed by atoms with Gasteiger partial charge in [0.2, 0.25) is 0 Å². The van der Waals surface area contributed by atoms with E-state index in [2.05, 4.69) is 0 Å². The van der Waals surface area contributed by atoms with Crippen molar-refractivity contribution in [2.75, 3.05) is 11.4 Å². The number of anilines is 1. The van der Waals surface area contributed by atoms with Crippen LogP contribution in [0.5, 0.6) is 0 Å². The number of Topliss-reactive ketones (excluding diaryl/α,β-unsaturated/α-hetero) is 1. The van der Waals surface area contributed by atoms with Crippen molar-refractivity contribution < 1.29 is 14.0 Å². The first-order valence-electron chi connectivity index (χ1n) is 6.36. The standard InChI is InChI=1S/C16H12FNO2/c17-12-5-3-4-11(10-12)16(20)18-9-8-15(19)13-6-1-2-7-14(13)18/h1-7,10H,8-9H2. The van der Waals surface area contributed by atoms with Crippen molar-refractivity contribution in [3.63, 3.8) is 0 Å². The summed E-state index contributed by atoms with van der Waals surface area (Å²) < 4.78 is 13.2. The molecule has 2 aromatic carbocycles. The number of hydrogen-bond acceptors (Lipinski definition) is 2. The number of amides is 1. The molecule has 0 aromatic heterocycles. The van der Waals surface area contributed by atoms with E-state index in [0.29, 0.717) is 17.8 Å². The van der Waals surface area contributed by atoms with Gasteiger partial charge < -0.3 is 4.90 Å². The zero-order valence-corrected chi connectivity index (χ0v) is 10.7. The van der Waals surface area contributed by atoms with Gasteiger partial charge in [0.15, 0.2) is 5.78 Å². The van der Waals surface area contributed by atoms with Crippen molar-refractivity contribution in [2.24, 2.45) is 0 Å². The summed E-state index contributed by atoms with van der Waals surface area (Å²) in [5, 5.41) is 0. The summed E-state index contributed by atoms with van der Waals surface area (Å²) in [6.45, 7) is 0.325. The van der Waals surface area contributed by atoms with E-state index in [1.54, 1.807) is 30.3 Å². The first kappa shape index (κ1) is 12.5. The number of para-hydroxylation sites is 1. The van der Waals surface area contributed by atoms with Crippen LogP contribution in [0.4, 0.5) is 10.1 Å². The van der Waals surface area contributed by atoms with Gasteiger partial charge in [-0.2, -0.15) is 0 Å². The van der Waals surface area contributed by atoms with E-state index in [9.17, 15) is 14.0 Å². The number of benzene rings is 2. The van der Waals surface area contributed by atoms with Crippen molar-refractivity contribution in [2.45, 2.75) is 6.42 Å². The fourth-order valence-electron chi connectivity index (χ4n) is 2.40. The van der Waals surface area contributed by atoms with E-state index in [1.807, 2.05) is 0 Å². The molecule has 0 aliphatic carbocycles. The topological polar surface area (TPSA) is 37.4 Å². The number of nitrogens with zero attached hydrogens (tertiary/aromatic N) is 1. The van der Waals surface area contributed by atoms with Gasteiger partial charge in [0.05, 0.1) is 5.69 Å². The van der Waals surface area contributed by atoms with Crippen LogP contribution >= 0.6 is 0 Å². The Morgan fingerprint density at radius 1 is 1.10 bits per heavy atom. The van der Waals surface area contributed by atoms with Gasteiger partial charge in [0, 0.05) is 24.1 Å². The summed E-state index contributed by atoms with van der Waals surface area (Å²) in [6.07, 6.45) is 0.290. The van der Waals surface area contributed by atoms with E-state index in [1.165, 1.54) is 23.1 Å². The Bertz CT molecular complexity index is 696. The summed E-state index contributed by atoms with van der Waals surface area (Å²) in [5.74, 6) is -0.703. The van der Waals surface area contributed by atoms with Crippen molar-refractivity contribution >= 4 is 17.4 Å². The third-order valence-electron chi connectivity index (χ3n) is 3.37. The molecule has 1 aliphatic rings. The van der Waals surface area contributed by atoms with Gasteiger partial charge in [0.25, 0.3) is 5.91 Å². The molecule has 3 rings (SSSR count). The molecule has 0 saturated heterocycles. The summed E-state index contributed by atoms with van der Waals surface area (Å²) in [7, 11) is 0. The van der Waals surface area contributed by atoms with Crippen LogP contribution in [0.3, 0.4) is 0 Å². The van der Waals surface area contributed by atoms with Crippen LogP contribution in [0, 0.1) is 5.82 Å². The maximum atomic E-state index is 13.2. The number of halogens is 1. The maximum absolute atomic E-state index is 13.2. The molecule has 0 N–H and O–H groups in total. The average molecular weight is 269 g/mol. The molecule has 2 aromatic rings. The van der Waals surface area contributed by atoms with E-state index in [-0.39, 0.29) is 23.7 Å². The molecule has 1 heterocycles. The number of carbonyl (C=O) groups excluding carboxylic acids is 2. The minimum Gasteiger partial charge on any atom is -0.307 e. The van der Waals surface area contributed by atoms with Crippen molar-refractivity contribution in [1.29, 1.82) is 0 Å². The van der Waals surface area contributed by atoms with Crippen molar-refractivity contribution in [1.82, 2.24) is 0 Å². The van der Waals surface area contributed by atoms with Crippen LogP contribution in [0.2, 0.25) is 0 Å². The summed E-state index contributed by atoms with van der Waals surface area (Å²) in [5.41, 5.74) is 1.43. The number of rotatable bonds is 1. The Balaban J connectivity index is 2.01. The van der Waals surface area contributed by atoms with Crippen LogP contribution in [-0.4, -0.2) is 18.2 Å². The van der Waals surface area contributed by atoms with Crippen LogP contribution in [-0.2, 0) is 0 Å². The second-order valence-electron chi connectivity index (χ2n) is 4.66. The summed E-state index contributed by atoms with van der Waals surface area (Å²) in [4.78, 5) is 25.8. The number of ketones is 1. The highest BCUT2D eigenvalue weighted by molar-refractivity contribution is 6.13. The maximum Gasteiger partial charge on any atom is 0.258 e. The highest BCUT2D eigenvalue weighted by Gasteiger charge is 2.27. The van der Waals surface area contributed by atoms with Gasteiger partial charge in [0.1, 0.15) is 5.82 Å². The molecule has 0 radical (unpaired) electrons. The van der Waals surface area contributed by atoms with Crippen LogP contribution in [0.15, 0.2) is 48.5 Å². The molecule has 1 aliphatic heterocycles. The third-order valence-corrected chi connectivity index (χ3v) is 3.37. The SMILES string of the molecule is O=C1CCN(C(=O)c2cccc(F)c2)c2ccccc21. The second-order valence-corrected chi connectivity index (χ2v) is 4.66. The fraction of sp³-hybridized carbons (Fsp3) is 0.125. The highest BCUT2D eigenvalue weighted by atomic mass is 19.1. The lowest BCUT2D eigenvalue weighted by molar-refractivity contribution is 0.0955. The van der Waals surface area contributed by atoms with E-state index >= 15 is 0 Å². The Morgan fingerprint density at radius 3 is 2.70 bits per heavy atom. The lowest BCUT2D eigenvalue weighted by Gasteiger charge is -2.28. The molecule has 1 amide bonds. The Morgan fingerprint density at radius 2 is 1.90 bits per heavy atom. The van der Waals surface area contributed by atoms with Gasteiger partial charge in [-0.3, -0.25) is 9.59 Å². The average Bonchev–Trinajstić information content (AvgIpc) is 2.47. The summed E-state index contributed by atoms with van der Waals surface area (Å²) in [6, 6.07) is 12.6. The quantitative estimate of drug-likeness (QED) is 0.798. The zero-order chi connectivity index (χ0) is 14.1. The molecule has 0 spiro atoms. The molecule has 100 valence electrons. The second kappa shape index (κ2) is 4.89. The minimum absolute atomic E-state index is 0.0314. The Hall–Kier alpha value is -2.49. The highest BCUT2D eigenvalue weighted by Crippen LogP contribution is 2.28. The van der Waals surface area contributed by atoms with Gasteiger partial charge >= 0.3 is 0 Å². The number of carbonyl (C=O) groups is 2. The molecule has 0 atom stereocenters. The van der Waals surface area contributed by atoms with Crippen LogP contribution < -0.4 is 4.90 Å². The van der Waals surface area contributed by atoms with Crippen molar-refractivity contribution in [3.8, 4) is 0 Å². The molecule has 0 bridgehead atoms. The molecule has 3 nitrogen and oxygen atoms in total. The van der Waals surface area contributed by atoms with Gasteiger partial charge in [-0.15, -0.1) is 0 Å². The molecule has 4 heteroatoms. The molecular weight excluding hydrogens is 257 g/mol. The molecule has 0 fully saturated rings. The predicted molar refractivity (Wildman–Crippen MR) is 73.5 cm³/mol. The molecule has 0 unspecified atom stereocenters. The van der Waals surface area contributed by atoms with Gasteiger partial charge in [-0.05, 0) is 30.3 Å². The normalized spacial score (nSPS) is 14.1. The van der Waals surface area contributed by atoms with Gasteiger partial charge in [-0.25, -0.2) is 4.39 Å². The van der Waals surface area contributed by atoms with Crippen LogP contribution in [0.1, 0.15) is 27.1 Å². The number of fused-ring (bicyclic) bond motifs is 1.